The van der Waals surface area contributed by atoms with E-state index in [9.17, 15) is 9.90 Å². The fourth-order valence-electron chi connectivity index (χ4n) is 2.63. The van der Waals surface area contributed by atoms with E-state index in [1.165, 1.54) is 11.8 Å². The second kappa shape index (κ2) is 7.57. The largest absolute Gasteiger partial charge is 0.507 e. The maximum absolute atomic E-state index is 12.6. The number of nitrogens with two attached hydrogens (primary N) is 1. The molecule has 0 saturated carbocycles. The molecule has 0 radical (unpaired) electrons. The Balaban J connectivity index is 1.67. The van der Waals surface area contributed by atoms with Crippen LogP contribution < -0.4 is 5.73 Å². The van der Waals surface area contributed by atoms with Crippen molar-refractivity contribution in [1.29, 1.82) is 0 Å². The Labute approximate surface area is 173 Å². The number of phenolic OH excluding ortho intramolecular Hbond substituents is 1. The van der Waals surface area contributed by atoms with E-state index in [1.807, 2.05) is 0 Å². The quantitative estimate of drug-likeness (QED) is 0.566. The van der Waals surface area contributed by atoms with Crippen molar-refractivity contribution in [2.24, 2.45) is 0 Å². The zero-order chi connectivity index (χ0) is 19.7. The summed E-state index contributed by atoms with van der Waals surface area (Å²) in [7, 11) is 0. The number of thioether (sulfide) groups is 1. The molecule has 3 N–H and O–H groups in total. The Kier molecular flexibility index (Phi) is 4.97. The molecule has 1 aliphatic rings. The van der Waals surface area contributed by atoms with Crippen molar-refractivity contribution in [3.05, 3.63) is 74.5 Å². The minimum Gasteiger partial charge on any atom is -0.507 e. The Hall–Kier alpha value is -2.97. The number of ketones is 1. The van der Waals surface area contributed by atoms with Crippen molar-refractivity contribution in [2.45, 2.75) is 5.03 Å². The molecule has 1 aliphatic heterocycles. The third-order valence-corrected chi connectivity index (χ3v) is 5.75. The lowest BCUT2D eigenvalue weighted by Crippen LogP contribution is -1.94. The summed E-state index contributed by atoms with van der Waals surface area (Å²) >= 11 is 4.79. The van der Waals surface area contributed by atoms with Crippen molar-refractivity contribution in [2.75, 3.05) is 5.73 Å². The fourth-order valence-corrected chi connectivity index (χ4v) is 4.05. The van der Waals surface area contributed by atoms with Crippen LogP contribution in [-0.4, -0.2) is 25.8 Å². The third kappa shape index (κ3) is 3.69. The highest BCUT2D eigenvalue weighted by Gasteiger charge is 2.26. The van der Waals surface area contributed by atoms with Crippen molar-refractivity contribution in [3.8, 4) is 5.75 Å². The molecule has 1 aromatic carbocycles. The van der Waals surface area contributed by atoms with Crippen LogP contribution >= 0.6 is 27.7 Å². The molecule has 0 spiro atoms. The lowest BCUT2D eigenvalue weighted by atomic mass is 10.1. The van der Waals surface area contributed by atoms with Gasteiger partial charge in [0.05, 0.1) is 10.5 Å². The van der Waals surface area contributed by atoms with Gasteiger partial charge in [-0.2, -0.15) is 0 Å². The van der Waals surface area contributed by atoms with Gasteiger partial charge in [0.25, 0.3) is 0 Å². The molecule has 8 heteroatoms. The molecule has 0 aliphatic carbocycles. The number of carbonyl (C=O) groups excluding carboxylic acids is 1. The summed E-state index contributed by atoms with van der Waals surface area (Å²) < 4.78 is 0.683. The van der Waals surface area contributed by atoms with E-state index in [2.05, 4.69) is 30.9 Å². The first kappa shape index (κ1) is 18.4. The first-order valence-corrected chi connectivity index (χ1v) is 9.79. The standard InChI is InChI=1S/C20H13BrN4O2S/c21-15-8-16(26)12(4-3-11-9-24-20(22)25-10-11)6-13(15)7-17-18(27)14-2-1-5-23-19(14)28-17/h1-10,26H,(H2,22,24,25)/b4-3+,17-7-. The number of aromatic nitrogens is 3. The number of benzene rings is 1. The number of rotatable bonds is 3. The van der Waals surface area contributed by atoms with Crippen molar-refractivity contribution in [3.63, 3.8) is 0 Å². The highest BCUT2D eigenvalue weighted by atomic mass is 79.9. The molecule has 0 unspecified atom stereocenters. The average molecular weight is 453 g/mol. The van der Waals surface area contributed by atoms with Crippen LogP contribution in [0.2, 0.25) is 0 Å². The Bertz CT molecular complexity index is 1140. The monoisotopic (exact) mass is 452 g/mol. The number of anilines is 1. The van der Waals surface area contributed by atoms with Gasteiger partial charge >= 0.3 is 0 Å². The lowest BCUT2D eigenvalue weighted by molar-refractivity contribution is 0.104. The molecule has 2 aromatic heterocycles. The second-order valence-corrected chi connectivity index (χ2v) is 7.82. The summed E-state index contributed by atoms with van der Waals surface area (Å²) in [6, 6.07) is 6.92. The minimum atomic E-state index is -0.0517. The topological polar surface area (TPSA) is 102 Å². The number of hydrogen-bond donors (Lipinski definition) is 2. The number of halogens is 1. The SMILES string of the molecule is Nc1ncc(/C=C/c2cc(/C=C3\Sc4ncccc4C3=O)c(Br)cc2O)cn1. The van der Waals surface area contributed by atoms with E-state index >= 15 is 0 Å². The molecule has 3 aromatic rings. The van der Waals surface area contributed by atoms with Gasteiger partial charge in [-0.3, -0.25) is 4.79 Å². The van der Waals surface area contributed by atoms with Crippen LogP contribution in [0.15, 0.2) is 57.3 Å². The molecule has 28 heavy (non-hydrogen) atoms. The van der Waals surface area contributed by atoms with Crippen LogP contribution in [0.3, 0.4) is 0 Å². The molecule has 6 nitrogen and oxygen atoms in total. The van der Waals surface area contributed by atoms with Gasteiger partial charge in [-0.25, -0.2) is 15.0 Å². The molecule has 0 fully saturated rings. The molecular formula is C20H13BrN4O2S. The van der Waals surface area contributed by atoms with Crippen LogP contribution in [0.25, 0.3) is 18.2 Å². The summed E-state index contributed by atoms with van der Waals surface area (Å²) in [6.45, 7) is 0. The van der Waals surface area contributed by atoms with Crippen LogP contribution in [-0.2, 0) is 0 Å². The van der Waals surface area contributed by atoms with Gasteiger partial charge in [0.1, 0.15) is 10.8 Å². The van der Waals surface area contributed by atoms with Gasteiger partial charge in [0.2, 0.25) is 11.7 Å². The van der Waals surface area contributed by atoms with E-state index in [0.717, 1.165) is 11.1 Å². The number of phenols is 1. The molecule has 138 valence electrons. The van der Waals surface area contributed by atoms with Gasteiger partial charge in [-0.1, -0.05) is 39.8 Å². The predicted molar refractivity (Wildman–Crippen MR) is 114 cm³/mol. The Morgan fingerprint density at radius 3 is 2.64 bits per heavy atom. The van der Waals surface area contributed by atoms with Gasteiger partial charge in [0.15, 0.2) is 0 Å². The van der Waals surface area contributed by atoms with Crippen LogP contribution in [0, 0.1) is 0 Å². The van der Waals surface area contributed by atoms with E-state index in [-0.39, 0.29) is 17.5 Å². The number of Topliss-reactive ketones (excluding diaryl/α,β-unsaturated/α-hetero) is 1. The Morgan fingerprint density at radius 2 is 1.89 bits per heavy atom. The molecule has 0 saturated heterocycles. The number of nitrogens with zero attached hydrogens (tertiary/aromatic N) is 3. The van der Waals surface area contributed by atoms with Crippen LogP contribution in [0.4, 0.5) is 5.95 Å². The predicted octanol–water partition coefficient (Wildman–Crippen LogP) is 4.42. The van der Waals surface area contributed by atoms with Gasteiger partial charge < -0.3 is 10.8 Å². The minimum absolute atomic E-state index is 0.0517. The average Bonchev–Trinajstić information content (AvgIpc) is 3.00. The zero-order valence-electron chi connectivity index (χ0n) is 14.3. The smallest absolute Gasteiger partial charge is 0.219 e. The van der Waals surface area contributed by atoms with Gasteiger partial charge in [-0.05, 0) is 35.9 Å². The summed E-state index contributed by atoms with van der Waals surface area (Å²) in [6.07, 6.45) is 10.2. The second-order valence-electron chi connectivity index (χ2n) is 5.94. The summed E-state index contributed by atoms with van der Waals surface area (Å²) in [5.41, 5.74) is 8.21. The normalized spacial score (nSPS) is 14.8. The number of nitrogen functional groups attached to an aromatic ring is 1. The van der Waals surface area contributed by atoms with Gasteiger partial charge in [-0.15, -0.1) is 0 Å². The molecular weight excluding hydrogens is 440 g/mol. The molecule has 3 heterocycles. The van der Waals surface area contributed by atoms with Crippen molar-refractivity contribution >= 4 is 57.7 Å². The van der Waals surface area contributed by atoms with Crippen LogP contribution in [0.5, 0.6) is 5.75 Å². The maximum atomic E-state index is 12.6. The molecule has 0 atom stereocenters. The summed E-state index contributed by atoms with van der Waals surface area (Å²) in [5.74, 6) is 0.257. The molecule has 4 rings (SSSR count). The summed E-state index contributed by atoms with van der Waals surface area (Å²) in [5, 5.41) is 11.0. The number of aromatic hydroxyl groups is 1. The first-order valence-electron chi connectivity index (χ1n) is 8.18. The van der Waals surface area contributed by atoms with E-state index in [4.69, 9.17) is 5.73 Å². The highest BCUT2D eigenvalue weighted by molar-refractivity contribution is 9.10. The Morgan fingerprint density at radius 1 is 1.11 bits per heavy atom. The lowest BCUT2D eigenvalue weighted by Gasteiger charge is -2.06. The fraction of sp³-hybridized carbons (Fsp3) is 0. The van der Waals surface area contributed by atoms with E-state index in [1.54, 1.807) is 61.1 Å². The van der Waals surface area contributed by atoms with Crippen LogP contribution in [0.1, 0.15) is 27.0 Å². The van der Waals surface area contributed by atoms with Crippen molar-refractivity contribution < 1.29 is 9.90 Å². The number of carbonyl (C=O) groups is 1. The zero-order valence-corrected chi connectivity index (χ0v) is 16.7. The van der Waals surface area contributed by atoms with E-state index < -0.39 is 0 Å². The third-order valence-electron chi connectivity index (χ3n) is 4.03. The number of allylic oxidation sites excluding steroid dienone is 1. The molecule has 0 bridgehead atoms. The maximum Gasteiger partial charge on any atom is 0.219 e. The number of hydrogen-bond acceptors (Lipinski definition) is 7. The number of fused-ring (bicyclic) bond motifs is 1. The molecule has 0 amide bonds. The van der Waals surface area contributed by atoms with Crippen molar-refractivity contribution in [1.82, 2.24) is 15.0 Å². The van der Waals surface area contributed by atoms with Gasteiger partial charge in [0, 0.05) is 34.2 Å². The van der Waals surface area contributed by atoms with E-state index in [0.29, 0.717) is 25.5 Å². The highest BCUT2D eigenvalue weighted by Crippen LogP contribution is 2.40. The first-order chi connectivity index (χ1) is 13.5. The number of pyridine rings is 1. The summed E-state index contributed by atoms with van der Waals surface area (Å²) in [4.78, 5) is 25.3.